The van der Waals surface area contributed by atoms with Gasteiger partial charge in [0.15, 0.2) is 0 Å². The van der Waals surface area contributed by atoms with Crippen LogP contribution in [0.2, 0.25) is 0 Å². The Bertz CT molecular complexity index is 729. The third-order valence-corrected chi connectivity index (χ3v) is 3.74. The van der Waals surface area contributed by atoms with Crippen LogP contribution < -0.4 is 20.7 Å². The number of unbranched alkanes of at least 4 members (excludes halogenated alkanes) is 1. The second-order valence-electron chi connectivity index (χ2n) is 5.76. The number of nitrogens with one attached hydrogen (secondary N) is 3. The number of benzene rings is 2. The number of ether oxygens (including phenoxy) is 1. The van der Waals surface area contributed by atoms with Gasteiger partial charge in [-0.25, -0.2) is 0 Å². The highest BCUT2D eigenvalue weighted by Crippen LogP contribution is 2.23. The van der Waals surface area contributed by atoms with E-state index in [9.17, 15) is 9.59 Å². The van der Waals surface area contributed by atoms with Crippen molar-refractivity contribution in [3.05, 3.63) is 54.1 Å². The summed E-state index contributed by atoms with van der Waals surface area (Å²) in [5.74, 6) is 0.397. The molecule has 3 N–H and O–H groups in total. The summed E-state index contributed by atoms with van der Waals surface area (Å²) in [6.45, 7) is 2.88. The highest BCUT2D eigenvalue weighted by molar-refractivity contribution is 5.96. The molecule has 0 heterocycles. The zero-order valence-electron chi connectivity index (χ0n) is 15.2. The summed E-state index contributed by atoms with van der Waals surface area (Å²) < 4.78 is 5.74. The van der Waals surface area contributed by atoms with Crippen molar-refractivity contribution in [3.63, 3.8) is 0 Å². The summed E-state index contributed by atoms with van der Waals surface area (Å²) in [7, 11) is 1.58. The molecule has 0 fully saturated rings. The maximum Gasteiger partial charge on any atom is 0.251 e. The van der Waals surface area contributed by atoms with Gasteiger partial charge >= 0.3 is 0 Å². The molecule has 0 aliphatic carbocycles. The molecule has 2 aromatic carbocycles. The number of hydrogen-bond donors (Lipinski definition) is 3. The van der Waals surface area contributed by atoms with Crippen LogP contribution in [-0.4, -0.2) is 32.0 Å². The summed E-state index contributed by atoms with van der Waals surface area (Å²) in [5.41, 5.74) is 1.97. The van der Waals surface area contributed by atoms with Crippen LogP contribution in [0.4, 0.5) is 11.4 Å². The van der Waals surface area contributed by atoms with Crippen molar-refractivity contribution < 1.29 is 14.3 Å². The molecular formula is C20H25N3O3. The molecule has 0 spiro atoms. The molecule has 26 heavy (non-hydrogen) atoms. The minimum Gasteiger partial charge on any atom is -0.491 e. The van der Waals surface area contributed by atoms with Gasteiger partial charge in [0.25, 0.3) is 5.91 Å². The molecule has 0 radical (unpaired) electrons. The molecule has 6 nitrogen and oxygen atoms in total. The molecule has 2 amide bonds. The van der Waals surface area contributed by atoms with Crippen LogP contribution >= 0.6 is 0 Å². The van der Waals surface area contributed by atoms with Crippen LogP contribution in [0.15, 0.2) is 48.5 Å². The van der Waals surface area contributed by atoms with E-state index in [0.717, 1.165) is 24.3 Å². The van der Waals surface area contributed by atoms with E-state index >= 15 is 0 Å². The molecule has 6 heteroatoms. The van der Waals surface area contributed by atoms with Crippen LogP contribution in [0.5, 0.6) is 5.75 Å². The van der Waals surface area contributed by atoms with Crippen LogP contribution in [0.25, 0.3) is 0 Å². The first-order chi connectivity index (χ1) is 12.6. The Morgan fingerprint density at radius 3 is 2.46 bits per heavy atom. The van der Waals surface area contributed by atoms with Crippen LogP contribution in [0, 0.1) is 0 Å². The van der Waals surface area contributed by atoms with Gasteiger partial charge in [0.2, 0.25) is 5.91 Å². The monoisotopic (exact) mass is 355 g/mol. The number of hydrogen-bond acceptors (Lipinski definition) is 4. The van der Waals surface area contributed by atoms with Crippen LogP contribution in [-0.2, 0) is 4.79 Å². The van der Waals surface area contributed by atoms with Crippen molar-refractivity contribution in [2.75, 3.05) is 30.8 Å². The van der Waals surface area contributed by atoms with Gasteiger partial charge in [-0.3, -0.25) is 9.59 Å². The molecule has 0 bridgehead atoms. The molecule has 0 saturated carbocycles. The van der Waals surface area contributed by atoms with Gasteiger partial charge in [-0.15, -0.1) is 0 Å². The van der Waals surface area contributed by atoms with Gasteiger partial charge in [-0.05, 0) is 42.8 Å². The minimum absolute atomic E-state index is 0.116. The SMILES string of the molecule is CCCCOc1ccccc1NCC(=O)Nc1ccc(C(=O)NC)cc1. The fourth-order valence-corrected chi connectivity index (χ4v) is 2.29. The van der Waals surface area contributed by atoms with Crippen LogP contribution in [0.3, 0.4) is 0 Å². The first kappa shape index (κ1) is 19.3. The molecule has 138 valence electrons. The maximum atomic E-state index is 12.1. The van der Waals surface area contributed by atoms with Crippen molar-refractivity contribution >= 4 is 23.2 Å². The third kappa shape index (κ3) is 5.81. The molecule has 0 saturated heterocycles. The zero-order valence-corrected chi connectivity index (χ0v) is 15.2. The van der Waals surface area contributed by atoms with E-state index in [-0.39, 0.29) is 18.4 Å². The molecule has 0 atom stereocenters. The topological polar surface area (TPSA) is 79.5 Å². The van der Waals surface area contributed by atoms with Crippen molar-refractivity contribution in [2.24, 2.45) is 0 Å². The maximum absolute atomic E-state index is 12.1. The van der Waals surface area contributed by atoms with E-state index in [2.05, 4.69) is 22.9 Å². The lowest BCUT2D eigenvalue weighted by molar-refractivity contribution is -0.114. The van der Waals surface area contributed by atoms with E-state index in [0.29, 0.717) is 17.9 Å². The Labute approximate surface area is 153 Å². The molecule has 0 aliphatic rings. The predicted molar refractivity (Wildman–Crippen MR) is 104 cm³/mol. The van der Waals surface area contributed by atoms with Gasteiger partial charge in [0.1, 0.15) is 5.75 Å². The van der Waals surface area contributed by atoms with E-state index in [1.807, 2.05) is 24.3 Å². The average molecular weight is 355 g/mol. The van der Waals surface area contributed by atoms with Gasteiger partial charge in [0, 0.05) is 18.3 Å². The Kier molecular flexibility index (Phi) is 7.49. The normalized spacial score (nSPS) is 10.1. The molecule has 0 aromatic heterocycles. The van der Waals surface area contributed by atoms with Crippen molar-refractivity contribution in [3.8, 4) is 5.75 Å². The molecule has 0 aliphatic heterocycles. The van der Waals surface area contributed by atoms with E-state index in [1.54, 1.807) is 31.3 Å². The van der Waals surface area contributed by atoms with Gasteiger partial charge < -0.3 is 20.7 Å². The van der Waals surface area contributed by atoms with Gasteiger partial charge in [0.05, 0.1) is 18.8 Å². The molecule has 2 aromatic rings. The van der Waals surface area contributed by atoms with Crippen molar-refractivity contribution in [1.82, 2.24) is 5.32 Å². The highest BCUT2D eigenvalue weighted by atomic mass is 16.5. The summed E-state index contributed by atoms with van der Waals surface area (Å²) in [6.07, 6.45) is 2.05. The van der Waals surface area contributed by atoms with Crippen LogP contribution in [0.1, 0.15) is 30.1 Å². The Balaban J connectivity index is 1.88. The smallest absolute Gasteiger partial charge is 0.251 e. The fourth-order valence-electron chi connectivity index (χ4n) is 2.29. The Morgan fingerprint density at radius 1 is 1.04 bits per heavy atom. The number of rotatable bonds is 9. The fraction of sp³-hybridized carbons (Fsp3) is 0.300. The minimum atomic E-state index is -0.180. The number of para-hydroxylation sites is 2. The zero-order chi connectivity index (χ0) is 18.8. The van der Waals surface area contributed by atoms with E-state index < -0.39 is 0 Å². The third-order valence-electron chi connectivity index (χ3n) is 3.74. The lowest BCUT2D eigenvalue weighted by Gasteiger charge is -2.13. The standard InChI is InChI=1S/C20H25N3O3/c1-3-4-13-26-18-8-6-5-7-17(18)22-14-19(24)23-16-11-9-15(10-12-16)20(25)21-2/h5-12,22H,3-4,13-14H2,1-2H3,(H,21,25)(H,23,24). The highest BCUT2D eigenvalue weighted by Gasteiger charge is 2.07. The largest absolute Gasteiger partial charge is 0.491 e. The number of carbonyl (C=O) groups is 2. The Hall–Kier alpha value is -3.02. The summed E-state index contributed by atoms with van der Waals surface area (Å²) in [4.78, 5) is 23.7. The lowest BCUT2D eigenvalue weighted by Crippen LogP contribution is -2.22. The molecular weight excluding hydrogens is 330 g/mol. The van der Waals surface area contributed by atoms with Crippen molar-refractivity contribution in [1.29, 1.82) is 0 Å². The molecule has 2 rings (SSSR count). The number of carbonyl (C=O) groups excluding carboxylic acids is 2. The average Bonchev–Trinajstić information content (AvgIpc) is 2.67. The first-order valence-corrected chi connectivity index (χ1v) is 8.71. The number of amides is 2. The second kappa shape index (κ2) is 10.1. The van der Waals surface area contributed by atoms with E-state index in [1.165, 1.54) is 0 Å². The van der Waals surface area contributed by atoms with Gasteiger partial charge in [-0.2, -0.15) is 0 Å². The summed E-state index contributed by atoms with van der Waals surface area (Å²) in [6, 6.07) is 14.3. The van der Waals surface area contributed by atoms with Crippen molar-refractivity contribution in [2.45, 2.75) is 19.8 Å². The van der Waals surface area contributed by atoms with E-state index in [4.69, 9.17) is 4.74 Å². The number of anilines is 2. The lowest BCUT2D eigenvalue weighted by atomic mass is 10.2. The summed E-state index contributed by atoms with van der Waals surface area (Å²) >= 11 is 0. The predicted octanol–water partition coefficient (Wildman–Crippen LogP) is 3.28. The summed E-state index contributed by atoms with van der Waals surface area (Å²) in [5, 5.41) is 8.45. The molecule has 0 unspecified atom stereocenters. The second-order valence-corrected chi connectivity index (χ2v) is 5.76. The van der Waals surface area contributed by atoms with Gasteiger partial charge in [-0.1, -0.05) is 25.5 Å². The first-order valence-electron chi connectivity index (χ1n) is 8.71. The Morgan fingerprint density at radius 2 is 1.77 bits per heavy atom. The quantitative estimate of drug-likeness (QED) is 0.603.